The van der Waals surface area contributed by atoms with Crippen LogP contribution in [0.3, 0.4) is 0 Å². The molecule has 1 fully saturated rings. The largest absolute Gasteiger partial charge is 0.468 e. The Kier molecular flexibility index (Phi) is 9.84. The molecule has 7 heteroatoms. The Morgan fingerprint density at radius 1 is 0.897 bits per heavy atom. The SMILES string of the molecule is CC/C=C/[C@@H]1CC(C(=O)OC)(C(=O)OC)C[C@H]1C[Si](C)(C)O[Si](c1ccccc1)(c1ccccc1)C(C)(C)C. The summed E-state index contributed by atoms with van der Waals surface area (Å²) in [7, 11) is -2.43. The number of benzene rings is 2. The molecular weight excluding hydrogens is 521 g/mol. The molecule has 0 aliphatic heterocycles. The highest BCUT2D eigenvalue weighted by molar-refractivity contribution is 7.04. The van der Waals surface area contributed by atoms with Gasteiger partial charge in [-0.2, -0.15) is 0 Å². The van der Waals surface area contributed by atoms with E-state index in [2.05, 4.69) is 114 Å². The van der Waals surface area contributed by atoms with Gasteiger partial charge >= 0.3 is 11.9 Å². The molecule has 2 aromatic carbocycles. The fourth-order valence-corrected chi connectivity index (χ4v) is 17.5. The maximum Gasteiger partial charge on any atom is 0.323 e. The molecule has 2 atom stereocenters. The van der Waals surface area contributed by atoms with Crippen molar-refractivity contribution in [2.45, 2.75) is 71.1 Å². The monoisotopic (exact) mass is 566 g/mol. The maximum absolute atomic E-state index is 13.0. The van der Waals surface area contributed by atoms with Gasteiger partial charge in [0.2, 0.25) is 0 Å². The minimum Gasteiger partial charge on any atom is -0.468 e. The lowest BCUT2D eigenvalue weighted by Gasteiger charge is -2.48. The zero-order valence-electron chi connectivity index (χ0n) is 25.0. The van der Waals surface area contributed by atoms with Crippen molar-refractivity contribution in [2.75, 3.05) is 14.2 Å². The van der Waals surface area contributed by atoms with E-state index < -0.39 is 34.0 Å². The fraction of sp³-hybridized carbons (Fsp3) is 0.500. The summed E-state index contributed by atoms with van der Waals surface area (Å²) in [6.07, 6.45) is 6.03. The van der Waals surface area contributed by atoms with Crippen LogP contribution in [-0.4, -0.2) is 42.8 Å². The third kappa shape index (κ3) is 6.31. The van der Waals surface area contributed by atoms with Crippen LogP contribution in [0.4, 0.5) is 0 Å². The third-order valence-electron chi connectivity index (χ3n) is 8.17. The quantitative estimate of drug-likeness (QED) is 0.151. The Labute approximate surface area is 237 Å². The van der Waals surface area contributed by atoms with E-state index in [9.17, 15) is 9.59 Å². The van der Waals surface area contributed by atoms with Crippen molar-refractivity contribution in [3.8, 4) is 0 Å². The molecule has 1 aliphatic rings. The first-order valence-electron chi connectivity index (χ1n) is 14.0. The summed E-state index contributed by atoms with van der Waals surface area (Å²) in [6, 6.07) is 22.2. The first-order chi connectivity index (χ1) is 18.4. The van der Waals surface area contributed by atoms with Crippen LogP contribution in [0, 0.1) is 17.3 Å². The Morgan fingerprint density at radius 3 is 1.79 bits per heavy atom. The summed E-state index contributed by atoms with van der Waals surface area (Å²) in [5.74, 6) is -0.832. The topological polar surface area (TPSA) is 61.8 Å². The van der Waals surface area contributed by atoms with Crippen LogP contribution in [0.15, 0.2) is 72.8 Å². The summed E-state index contributed by atoms with van der Waals surface area (Å²) in [6.45, 7) is 13.6. The van der Waals surface area contributed by atoms with Crippen LogP contribution in [-0.2, 0) is 23.2 Å². The van der Waals surface area contributed by atoms with Gasteiger partial charge in [0.1, 0.15) is 0 Å². The van der Waals surface area contributed by atoms with Gasteiger partial charge in [0, 0.05) is 0 Å². The molecule has 0 radical (unpaired) electrons. The molecule has 0 saturated heterocycles. The molecule has 0 N–H and O–H groups in total. The number of hydrogen-bond donors (Lipinski definition) is 0. The van der Waals surface area contributed by atoms with E-state index >= 15 is 0 Å². The van der Waals surface area contributed by atoms with Crippen molar-refractivity contribution in [1.82, 2.24) is 0 Å². The average molecular weight is 567 g/mol. The first kappa shape index (κ1) is 31.0. The number of ether oxygens (including phenoxy) is 2. The molecule has 1 saturated carbocycles. The van der Waals surface area contributed by atoms with Crippen molar-refractivity contribution in [2.24, 2.45) is 17.3 Å². The molecule has 0 spiro atoms. The van der Waals surface area contributed by atoms with E-state index in [1.165, 1.54) is 24.6 Å². The predicted molar refractivity (Wildman–Crippen MR) is 163 cm³/mol. The van der Waals surface area contributed by atoms with Crippen molar-refractivity contribution >= 4 is 38.9 Å². The molecule has 0 bridgehead atoms. The van der Waals surface area contributed by atoms with Crippen LogP contribution in [0.2, 0.25) is 24.2 Å². The van der Waals surface area contributed by atoms with E-state index in [0.29, 0.717) is 12.8 Å². The highest BCUT2D eigenvalue weighted by Gasteiger charge is 2.59. The summed E-state index contributed by atoms with van der Waals surface area (Å²) < 4.78 is 18.0. The van der Waals surface area contributed by atoms with E-state index in [0.717, 1.165) is 12.5 Å². The van der Waals surface area contributed by atoms with Crippen LogP contribution in [0.5, 0.6) is 0 Å². The van der Waals surface area contributed by atoms with Crippen molar-refractivity contribution < 1.29 is 23.2 Å². The second kappa shape index (κ2) is 12.4. The van der Waals surface area contributed by atoms with Gasteiger partial charge in [0.05, 0.1) is 14.2 Å². The molecule has 212 valence electrons. The molecular formula is C32H46O5Si2. The standard InChI is InChI=1S/C32H46O5Si2/c1-9-10-17-25-22-32(29(33)35-5,30(34)36-6)23-26(25)24-38(7,8)37-39(31(2,3)4,27-18-13-11-14-19-27)28-20-15-12-16-21-28/h10-21,25-26H,9,22-24H2,1-8H3/b17-10+/t25-,26+/m1/s1. The summed E-state index contributed by atoms with van der Waals surface area (Å²) in [4.78, 5) is 26.1. The zero-order valence-corrected chi connectivity index (χ0v) is 27.0. The number of rotatable bonds is 10. The van der Waals surface area contributed by atoms with E-state index in [1.807, 2.05) is 0 Å². The number of carbonyl (C=O) groups is 2. The van der Waals surface area contributed by atoms with Gasteiger partial charge in [0.25, 0.3) is 8.32 Å². The molecule has 0 amide bonds. The second-order valence-electron chi connectivity index (χ2n) is 12.5. The van der Waals surface area contributed by atoms with E-state index in [4.69, 9.17) is 13.6 Å². The number of methoxy groups -OCH3 is 2. The Hall–Kier alpha value is -2.49. The van der Waals surface area contributed by atoms with Gasteiger partial charge in [-0.3, -0.25) is 9.59 Å². The van der Waals surface area contributed by atoms with Crippen LogP contribution < -0.4 is 10.4 Å². The molecule has 3 rings (SSSR count). The smallest absolute Gasteiger partial charge is 0.323 e. The van der Waals surface area contributed by atoms with Gasteiger partial charge in [-0.15, -0.1) is 0 Å². The van der Waals surface area contributed by atoms with Crippen LogP contribution in [0.25, 0.3) is 0 Å². The second-order valence-corrected chi connectivity index (χ2v) is 21.2. The first-order valence-corrected chi connectivity index (χ1v) is 19.0. The lowest BCUT2D eigenvalue weighted by Crippen LogP contribution is -2.70. The molecule has 0 heterocycles. The summed E-state index contributed by atoms with van der Waals surface area (Å²) in [5, 5.41) is 2.40. The van der Waals surface area contributed by atoms with Gasteiger partial charge in [-0.25, -0.2) is 0 Å². The fourth-order valence-electron chi connectivity index (χ4n) is 6.56. The van der Waals surface area contributed by atoms with Crippen molar-refractivity contribution in [3.05, 3.63) is 72.8 Å². The van der Waals surface area contributed by atoms with Crippen LogP contribution >= 0.6 is 0 Å². The number of esters is 2. The van der Waals surface area contributed by atoms with Gasteiger partial charge < -0.3 is 13.6 Å². The lowest BCUT2D eigenvalue weighted by molar-refractivity contribution is -0.169. The zero-order chi connectivity index (χ0) is 28.9. The molecule has 0 aromatic heterocycles. The molecule has 0 unspecified atom stereocenters. The number of allylic oxidation sites excluding steroid dienone is 2. The third-order valence-corrected chi connectivity index (χ3v) is 17.5. The Morgan fingerprint density at radius 2 is 1.38 bits per heavy atom. The maximum atomic E-state index is 13.0. The minimum atomic E-state index is -2.74. The van der Waals surface area contributed by atoms with Crippen molar-refractivity contribution in [1.29, 1.82) is 0 Å². The minimum absolute atomic E-state index is 0.0673. The predicted octanol–water partition coefficient (Wildman–Crippen LogP) is 6.09. The number of hydrogen-bond acceptors (Lipinski definition) is 5. The molecule has 1 aliphatic carbocycles. The van der Waals surface area contributed by atoms with Crippen molar-refractivity contribution in [3.63, 3.8) is 0 Å². The summed E-state index contributed by atoms with van der Waals surface area (Å²) >= 11 is 0. The average Bonchev–Trinajstić information content (AvgIpc) is 3.28. The highest BCUT2D eigenvalue weighted by atomic mass is 28.4. The normalized spacial score (nSPS) is 19.7. The van der Waals surface area contributed by atoms with Gasteiger partial charge in [0.15, 0.2) is 13.7 Å². The molecule has 39 heavy (non-hydrogen) atoms. The van der Waals surface area contributed by atoms with E-state index in [1.54, 1.807) is 0 Å². The lowest BCUT2D eigenvalue weighted by atomic mass is 9.85. The van der Waals surface area contributed by atoms with Gasteiger partial charge in [-0.05, 0) is 65.6 Å². The number of carbonyl (C=O) groups excluding carboxylic acids is 2. The van der Waals surface area contributed by atoms with Gasteiger partial charge in [-0.1, -0.05) is 101 Å². The molecule has 5 nitrogen and oxygen atoms in total. The van der Waals surface area contributed by atoms with Crippen LogP contribution in [0.1, 0.15) is 47.0 Å². The molecule has 2 aromatic rings. The Balaban J connectivity index is 2.08. The Bertz CT molecular complexity index is 1080. The highest BCUT2D eigenvalue weighted by Crippen LogP contribution is 2.51. The summed E-state index contributed by atoms with van der Waals surface area (Å²) in [5.41, 5.74) is -1.28. The van der Waals surface area contributed by atoms with E-state index in [-0.39, 0.29) is 16.9 Å².